The third-order valence-corrected chi connectivity index (χ3v) is 4.48. The number of nitrogens with one attached hydrogen (secondary N) is 2. The van der Waals surface area contributed by atoms with E-state index in [1.165, 1.54) is 12.8 Å². The Morgan fingerprint density at radius 3 is 2.96 bits per heavy atom. The molecular weight excluding hydrogens is 320 g/mol. The number of carbonyl (C=O) groups is 1. The Labute approximate surface area is 144 Å². The van der Waals surface area contributed by atoms with Gasteiger partial charge in [0.2, 0.25) is 0 Å². The molecule has 1 fully saturated rings. The smallest absolute Gasteiger partial charge is 0.319 e. The van der Waals surface area contributed by atoms with Crippen LogP contribution in [-0.4, -0.2) is 45.2 Å². The first-order valence-electron chi connectivity index (χ1n) is 8.42. The van der Waals surface area contributed by atoms with E-state index >= 15 is 0 Å². The minimum atomic E-state index is -0.271. The van der Waals surface area contributed by atoms with Crippen LogP contribution in [0.25, 0.3) is 5.65 Å². The lowest BCUT2D eigenvalue weighted by Gasteiger charge is -2.26. The first-order valence-corrected chi connectivity index (χ1v) is 8.42. The van der Waals surface area contributed by atoms with Gasteiger partial charge in [0, 0.05) is 12.7 Å². The van der Waals surface area contributed by atoms with Crippen LogP contribution in [0.2, 0.25) is 0 Å². The molecule has 2 N–H and O–H groups in total. The normalized spacial score (nSPS) is 16.2. The molecule has 1 atom stereocenters. The van der Waals surface area contributed by atoms with Crippen molar-refractivity contribution in [2.45, 2.75) is 18.9 Å². The highest BCUT2D eigenvalue weighted by atomic mass is 16.3. The quantitative estimate of drug-likeness (QED) is 0.744. The molecule has 2 amide bonds. The number of carbonyl (C=O) groups excluding carboxylic acids is 1. The lowest BCUT2D eigenvalue weighted by Crippen LogP contribution is -2.38. The van der Waals surface area contributed by atoms with Gasteiger partial charge in [0.15, 0.2) is 5.65 Å². The monoisotopic (exact) mass is 340 g/mol. The second-order valence-corrected chi connectivity index (χ2v) is 6.09. The summed E-state index contributed by atoms with van der Waals surface area (Å²) in [7, 11) is 0. The molecule has 1 aliphatic heterocycles. The van der Waals surface area contributed by atoms with Crippen LogP contribution in [0.15, 0.2) is 47.5 Å². The van der Waals surface area contributed by atoms with Gasteiger partial charge in [-0.3, -0.25) is 9.30 Å². The first-order chi connectivity index (χ1) is 12.3. The predicted octanol–water partition coefficient (Wildman–Crippen LogP) is 2.28. The lowest BCUT2D eigenvalue weighted by molar-refractivity contribution is 0.207. The van der Waals surface area contributed by atoms with Gasteiger partial charge < -0.3 is 15.1 Å². The minimum Gasteiger partial charge on any atom is -0.468 e. The summed E-state index contributed by atoms with van der Waals surface area (Å²) in [5, 5.41) is 13.7. The summed E-state index contributed by atoms with van der Waals surface area (Å²) in [4.78, 5) is 14.7. The van der Waals surface area contributed by atoms with Gasteiger partial charge in [-0.1, -0.05) is 0 Å². The maximum Gasteiger partial charge on any atom is 0.319 e. The van der Waals surface area contributed by atoms with Crippen molar-refractivity contribution in [2.75, 3.05) is 25.0 Å². The summed E-state index contributed by atoms with van der Waals surface area (Å²) in [5.74, 6) is 0.877. The number of urea groups is 1. The van der Waals surface area contributed by atoms with Crippen LogP contribution in [0.5, 0.6) is 0 Å². The number of hydrogen-bond acceptors (Lipinski definition) is 5. The molecule has 130 valence electrons. The van der Waals surface area contributed by atoms with Crippen molar-refractivity contribution >= 4 is 17.4 Å². The number of aromatic nitrogens is 3. The van der Waals surface area contributed by atoms with Crippen LogP contribution < -0.4 is 10.6 Å². The fourth-order valence-corrected chi connectivity index (χ4v) is 3.25. The van der Waals surface area contributed by atoms with Gasteiger partial charge in [0.05, 0.1) is 18.0 Å². The molecule has 1 saturated heterocycles. The number of pyridine rings is 1. The third kappa shape index (κ3) is 3.34. The molecule has 25 heavy (non-hydrogen) atoms. The second-order valence-electron chi connectivity index (χ2n) is 6.09. The SMILES string of the molecule is O=C(NC[C@@H](c1ccco1)N1CCCC1)Nc1cccn2cnnc12. The highest BCUT2D eigenvalue weighted by molar-refractivity contribution is 5.92. The predicted molar refractivity (Wildman–Crippen MR) is 92.3 cm³/mol. The summed E-state index contributed by atoms with van der Waals surface area (Å²) >= 11 is 0. The average molecular weight is 340 g/mol. The van der Waals surface area contributed by atoms with Crippen LogP contribution in [0.4, 0.5) is 10.5 Å². The molecule has 0 aliphatic carbocycles. The molecule has 3 aromatic rings. The van der Waals surface area contributed by atoms with E-state index in [0.717, 1.165) is 18.8 Å². The highest BCUT2D eigenvalue weighted by Gasteiger charge is 2.26. The van der Waals surface area contributed by atoms with E-state index in [-0.39, 0.29) is 12.1 Å². The van der Waals surface area contributed by atoms with Gasteiger partial charge in [-0.25, -0.2) is 4.79 Å². The number of amides is 2. The Kier molecular flexibility index (Phi) is 4.34. The van der Waals surface area contributed by atoms with Gasteiger partial charge in [0.1, 0.15) is 12.1 Å². The van der Waals surface area contributed by atoms with Gasteiger partial charge in [-0.15, -0.1) is 10.2 Å². The minimum absolute atomic E-state index is 0.0483. The topological polar surface area (TPSA) is 87.7 Å². The molecule has 8 heteroatoms. The molecule has 3 aromatic heterocycles. The Hall–Kier alpha value is -2.87. The molecule has 0 aromatic carbocycles. The molecule has 1 aliphatic rings. The van der Waals surface area contributed by atoms with Gasteiger partial charge in [-0.2, -0.15) is 0 Å². The fourth-order valence-electron chi connectivity index (χ4n) is 3.25. The summed E-state index contributed by atoms with van der Waals surface area (Å²) < 4.78 is 7.33. The molecule has 0 unspecified atom stereocenters. The molecule has 0 spiro atoms. The number of furan rings is 1. The largest absolute Gasteiger partial charge is 0.468 e. The Bertz CT molecular complexity index is 838. The van der Waals surface area contributed by atoms with E-state index in [4.69, 9.17) is 4.42 Å². The molecule has 8 nitrogen and oxygen atoms in total. The van der Waals surface area contributed by atoms with E-state index in [2.05, 4.69) is 25.7 Å². The molecule has 0 bridgehead atoms. The van der Waals surface area contributed by atoms with Crippen molar-refractivity contribution in [3.8, 4) is 0 Å². The number of fused-ring (bicyclic) bond motifs is 1. The number of rotatable bonds is 5. The Morgan fingerprint density at radius 2 is 2.16 bits per heavy atom. The van der Waals surface area contributed by atoms with Crippen LogP contribution in [0, 0.1) is 0 Å². The Balaban J connectivity index is 1.42. The van der Waals surface area contributed by atoms with Crippen LogP contribution in [0.1, 0.15) is 24.6 Å². The maximum atomic E-state index is 12.3. The van der Waals surface area contributed by atoms with E-state index in [9.17, 15) is 4.79 Å². The first kappa shape index (κ1) is 15.6. The standard InChI is InChI=1S/C17H20N6O2/c24-17(20-13-5-3-9-23-12-19-21-16(13)23)18-11-14(15-6-4-10-25-15)22-7-1-2-8-22/h3-6,9-10,12,14H,1-2,7-8,11H2,(H2,18,20,24)/t14-/m0/s1. The zero-order valence-electron chi connectivity index (χ0n) is 13.8. The maximum absolute atomic E-state index is 12.3. The summed E-state index contributed by atoms with van der Waals surface area (Å²) in [6.07, 6.45) is 7.46. The summed E-state index contributed by atoms with van der Waals surface area (Å²) in [5.41, 5.74) is 1.23. The second kappa shape index (κ2) is 6.94. The lowest BCUT2D eigenvalue weighted by atomic mass is 10.2. The number of hydrogen-bond donors (Lipinski definition) is 2. The van der Waals surface area contributed by atoms with E-state index < -0.39 is 0 Å². The molecule has 0 radical (unpaired) electrons. The van der Waals surface area contributed by atoms with Crippen molar-refractivity contribution in [1.82, 2.24) is 24.8 Å². The van der Waals surface area contributed by atoms with Crippen LogP contribution in [0.3, 0.4) is 0 Å². The number of anilines is 1. The highest BCUT2D eigenvalue weighted by Crippen LogP contribution is 2.25. The van der Waals surface area contributed by atoms with E-state index in [1.54, 1.807) is 23.1 Å². The van der Waals surface area contributed by atoms with Crippen molar-refractivity contribution in [3.63, 3.8) is 0 Å². The summed E-state index contributed by atoms with van der Waals surface area (Å²) in [6.45, 7) is 2.52. The van der Waals surface area contributed by atoms with Crippen molar-refractivity contribution in [3.05, 3.63) is 48.8 Å². The van der Waals surface area contributed by atoms with Crippen molar-refractivity contribution in [2.24, 2.45) is 0 Å². The average Bonchev–Trinajstić information content (AvgIpc) is 3.38. The zero-order valence-corrected chi connectivity index (χ0v) is 13.8. The van der Waals surface area contributed by atoms with Crippen molar-refractivity contribution in [1.29, 1.82) is 0 Å². The van der Waals surface area contributed by atoms with Gasteiger partial charge in [0.25, 0.3) is 0 Å². The number of nitrogens with zero attached hydrogens (tertiary/aromatic N) is 4. The molecule has 4 heterocycles. The van der Waals surface area contributed by atoms with Crippen molar-refractivity contribution < 1.29 is 9.21 Å². The molecule has 4 rings (SSSR count). The number of likely N-dealkylation sites (tertiary alicyclic amines) is 1. The molecular formula is C17H20N6O2. The van der Waals surface area contributed by atoms with Crippen LogP contribution >= 0.6 is 0 Å². The van der Waals surface area contributed by atoms with E-state index in [0.29, 0.717) is 17.9 Å². The fraction of sp³-hybridized carbons (Fsp3) is 0.353. The summed E-state index contributed by atoms with van der Waals surface area (Å²) in [6, 6.07) is 7.25. The Morgan fingerprint density at radius 1 is 1.28 bits per heavy atom. The van der Waals surface area contributed by atoms with Crippen LogP contribution in [-0.2, 0) is 0 Å². The van der Waals surface area contributed by atoms with Gasteiger partial charge in [-0.05, 0) is 50.2 Å². The van der Waals surface area contributed by atoms with E-state index in [1.807, 2.05) is 24.4 Å². The van der Waals surface area contributed by atoms with Gasteiger partial charge >= 0.3 is 6.03 Å². The zero-order chi connectivity index (χ0) is 17.1. The molecule has 0 saturated carbocycles. The third-order valence-electron chi connectivity index (χ3n) is 4.48.